The molecule has 0 saturated carbocycles. The van der Waals surface area contributed by atoms with Crippen molar-refractivity contribution in [1.82, 2.24) is 20.4 Å². The van der Waals surface area contributed by atoms with Gasteiger partial charge >= 0.3 is 0 Å². The Hall–Kier alpha value is -2.85. The van der Waals surface area contributed by atoms with E-state index >= 15 is 4.39 Å². The third-order valence-electron chi connectivity index (χ3n) is 6.76. The number of hydrogen-bond donors (Lipinski definition) is 1. The number of nitrogens with zero attached hydrogens (tertiary/aromatic N) is 4. The molecule has 0 spiro atoms. The number of methoxy groups -OCH3 is 1. The number of hydrogen-bond acceptors (Lipinski definition) is 8. The molecule has 34 heavy (non-hydrogen) atoms. The number of aromatic nitrogens is 3. The zero-order valence-electron chi connectivity index (χ0n) is 19.7. The van der Waals surface area contributed by atoms with E-state index in [1.165, 1.54) is 13.2 Å². The van der Waals surface area contributed by atoms with Gasteiger partial charge in [-0.2, -0.15) is 9.37 Å². The summed E-state index contributed by atoms with van der Waals surface area (Å²) in [6, 6.07) is 2.22. The second-order valence-electron chi connectivity index (χ2n) is 9.03. The first-order chi connectivity index (χ1) is 16.5. The van der Waals surface area contributed by atoms with Crippen LogP contribution in [0.25, 0.3) is 22.4 Å². The fraction of sp³-hybridized carbons (Fsp3) is 0.542. The van der Waals surface area contributed by atoms with Gasteiger partial charge in [-0.25, -0.2) is 9.37 Å². The second kappa shape index (κ2) is 9.42. The number of ether oxygens (including phenoxy) is 2. The van der Waals surface area contributed by atoms with Gasteiger partial charge in [0.15, 0.2) is 17.4 Å². The highest BCUT2D eigenvalue weighted by Crippen LogP contribution is 2.39. The van der Waals surface area contributed by atoms with Crippen LogP contribution < -0.4 is 15.0 Å². The van der Waals surface area contributed by atoms with Crippen molar-refractivity contribution in [1.29, 1.82) is 0 Å². The minimum absolute atomic E-state index is 0.0367. The van der Waals surface area contributed by atoms with Crippen LogP contribution in [0.3, 0.4) is 0 Å². The molecule has 2 fully saturated rings. The smallest absolute Gasteiger partial charge is 0.261 e. The van der Waals surface area contributed by atoms with Gasteiger partial charge in [0.25, 0.3) is 5.89 Å². The third-order valence-corrected chi connectivity index (χ3v) is 6.76. The van der Waals surface area contributed by atoms with Crippen molar-refractivity contribution >= 4 is 16.7 Å². The average Bonchev–Trinajstić information content (AvgIpc) is 3.28. The van der Waals surface area contributed by atoms with Crippen LogP contribution in [0.4, 0.5) is 14.6 Å². The molecule has 8 nitrogen and oxygen atoms in total. The average molecular weight is 474 g/mol. The van der Waals surface area contributed by atoms with E-state index in [0.717, 1.165) is 38.9 Å². The predicted molar refractivity (Wildman–Crippen MR) is 123 cm³/mol. The monoisotopic (exact) mass is 473 g/mol. The molecule has 2 aliphatic heterocycles. The Morgan fingerprint density at radius 3 is 2.53 bits per heavy atom. The van der Waals surface area contributed by atoms with Crippen LogP contribution in [0.5, 0.6) is 5.75 Å². The van der Waals surface area contributed by atoms with Gasteiger partial charge in [-0.05, 0) is 51.2 Å². The number of anilines is 1. The summed E-state index contributed by atoms with van der Waals surface area (Å²) < 4.78 is 45.7. The molecular formula is C24H29F2N5O3. The topological polar surface area (TPSA) is 85.5 Å². The lowest BCUT2D eigenvalue weighted by Gasteiger charge is -2.36. The predicted octanol–water partition coefficient (Wildman–Crippen LogP) is 3.93. The molecular weight excluding hydrogens is 444 g/mol. The summed E-state index contributed by atoms with van der Waals surface area (Å²) in [6.45, 7) is 6.58. The summed E-state index contributed by atoms with van der Waals surface area (Å²) in [4.78, 5) is 11.1. The number of rotatable bonds is 5. The Morgan fingerprint density at radius 1 is 1.09 bits per heavy atom. The van der Waals surface area contributed by atoms with E-state index in [4.69, 9.17) is 14.0 Å². The first-order valence-corrected chi connectivity index (χ1v) is 11.7. The maximum absolute atomic E-state index is 15.0. The van der Waals surface area contributed by atoms with Crippen LogP contribution in [0, 0.1) is 25.5 Å². The summed E-state index contributed by atoms with van der Waals surface area (Å²) in [5.41, 5.74) is 1.28. The largest absolute Gasteiger partial charge is 0.494 e. The number of halogens is 2. The lowest BCUT2D eigenvalue weighted by Crippen LogP contribution is -2.48. The Balaban J connectivity index is 1.51. The molecule has 1 atom stereocenters. The SMILES string of the molecule is COc1cc2c(C)c(-c3nc(C)no3)c(N3CCC(N[C@@H]4CCCOC4)CC3)nc2c(F)c1F. The van der Waals surface area contributed by atoms with E-state index in [9.17, 15) is 4.39 Å². The van der Waals surface area contributed by atoms with Gasteiger partial charge in [0.1, 0.15) is 11.3 Å². The number of piperidine rings is 1. The highest BCUT2D eigenvalue weighted by atomic mass is 19.2. The van der Waals surface area contributed by atoms with Crippen molar-refractivity contribution in [2.75, 3.05) is 38.3 Å². The van der Waals surface area contributed by atoms with Crippen LogP contribution in [0.1, 0.15) is 37.1 Å². The summed E-state index contributed by atoms with van der Waals surface area (Å²) in [5, 5.41) is 8.09. The number of benzene rings is 1. The van der Waals surface area contributed by atoms with E-state index in [2.05, 4.69) is 25.3 Å². The highest BCUT2D eigenvalue weighted by molar-refractivity contribution is 5.93. The van der Waals surface area contributed by atoms with Gasteiger partial charge in [-0.15, -0.1) is 0 Å². The third kappa shape index (κ3) is 4.20. The van der Waals surface area contributed by atoms with Gasteiger partial charge in [0.2, 0.25) is 5.82 Å². The van der Waals surface area contributed by atoms with Crippen LogP contribution in [0.2, 0.25) is 0 Å². The Labute approximate surface area is 196 Å². The van der Waals surface area contributed by atoms with Crippen molar-refractivity contribution in [3.8, 4) is 17.2 Å². The van der Waals surface area contributed by atoms with Gasteiger partial charge in [-0.1, -0.05) is 5.16 Å². The molecule has 0 radical (unpaired) electrons. The molecule has 1 aromatic carbocycles. The Bertz CT molecular complexity index is 1190. The highest BCUT2D eigenvalue weighted by Gasteiger charge is 2.29. The lowest BCUT2D eigenvalue weighted by molar-refractivity contribution is 0.0650. The molecule has 0 amide bonds. The van der Waals surface area contributed by atoms with Crippen LogP contribution in [0.15, 0.2) is 10.6 Å². The maximum atomic E-state index is 15.0. The molecule has 10 heteroatoms. The van der Waals surface area contributed by atoms with Crippen LogP contribution >= 0.6 is 0 Å². The first-order valence-electron chi connectivity index (χ1n) is 11.7. The fourth-order valence-corrected chi connectivity index (χ4v) is 4.95. The van der Waals surface area contributed by atoms with Gasteiger partial charge in [-0.3, -0.25) is 0 Å². The molecule has 182 valence electrons. The minimum Gasteiger partial charge on any atom is -0.494 e. The van der Waals surface area contributed by atoms with Crippen LogP contribution in [-0.4, -0.2) is 60.6 Å². The molecule has 0 bridgehead atoms. The number of aryl methyl sites for hydroxylation is 2. The van der Waals surface area contributed by atoms with Crippen molar-refractivity contribution in [2.24, 2.45) is 0 Å². The van der Waals surface area contributed by atoms with Crippen molar-refractivity contribution in [3.05, 3.63) is 29.1 Å². The van der Waals surface area contributed by atoms with E-state index in [-0.39, 0.29) is 11.3 Å². The molecule has 5 rings (SSSR count). The summed E-state index contributed by atoms with van der Waals surface area (Å²) in [7, 11) is 1.31. The van der Waals surface area contributed by atoms with Crippen molar-refractivity contribution < 1.29 is 22.8 Å². The summed E-state index contributed by atoms with van der Waals surface area (Å²) in [6.07, 6.45) is 4.01. The molecule has 2 aliphatic rings. The zero-order valence-corrected chi connectivity index (χ0v) is 19.7. The van der Waals surface area contributed by atoms with E-state index < -0.39 is 11.6 Å². The molecule has 4 heterocycles. The molecule has 0 unspecified atom stereocenters. The second-order valence-corrected chi connectivity index (χ2v) is 9.03. The first kappa shape index (κ1) is 22.9. The summed E-state index contributed by atoms with van der Waals surface area (Å²) in [5.74, 6) is -0.929. The quantitative estimate of drug-likeness (QED) is 0.597. The molecule has 2 saturated heterocycles. The minimum atomic E-state index is -1.05. The molecule has 1 N–H and O–H groups in total. The normalized spacial score (nSPS) is 19.7. The van der Waals surface area contributed by atoms with E-state index in [1.807, 2.05) is 6.92 Å². The molecule has 2 aromatic heterocycles. The van der Waals surface area contributed by atoms with Gasteiger partial charge < -0.3 is 24.2 Å². The van der Waals surface area contributed by atoms with Crippen LogP contribution in [-0.2, 0) is 4.74 Å². The summed E-state index contributed by atoms with van der Waals surface area (Å²) >= 11 is 0. The maximum Gasteiger partial charge on any atom is 0.261 e. The zero-order chi connectivity index (χ0) is 23.8. The van der Waals surface area contributed by atoms with Gasteiger partial charge in [0.05, 0.1) is 19.3 Å². The standard InChI is InChI=1S/C24H29F2N5O3/c1-13-17-11-18(32-3)20(25)21(26)22(17)29-23(19(13)24-27-14(2)30-34-24)31-8-6-15(7-9-31)28-16-5-4-10-33-12-16/h11,15-16,28H,4-10,12H2,1-3H3/t16-/m1/s1. The van der Waals surface area contributed by atoms with E-state index in [0.29, 0.717) is 59.2 Å². The van der Waals surface area contributed by atoms with Crippen molar-refractivity contribution in [2.45, 2.75) is 51.6 Å². The van der Waals surface area contributed by atoms with E-state index in [1.54, 1.807) is 6.92 Å². The lowest BCUT2D eigenvalue weighted by atomic mass is 9.99. The molecule has 0 aliphatic carbocycles. The molecule has 3 aromatic rings. The Morgan fingerprint density at radius 2 is 1.88 bits per heavy atom. The Kier molecular flexibility index (Phi) is 6.35. The number of fused-ring (bicyclic) bond motifs is 1. The van der Waals surface area contributed by atoms with Gasteiger partial charge in [0, 0.05) is 37.2 Å². The number of pyridine rings is 1. The number of nitrogens with one attached hydrogen (secondary N) is 1. The fourth-order valence-electron chi connectivity index (χ4n) is 4.95. The van der Waals surface area contributed by atoms with Crippen molar-refractivity contribution in [3.63, 3.8) is 0 Å².